The minimum atomic E-state index is -0.349. The van der Waals surface area contributed by atoms with E-state index < -0.39 is 0 Å². The van der Waals surface area contributed by atoms with Gasteiger partial charge in [0, 0.05) is 5.69 Å². The summed E-state index contributed by atoms with van der Waals surface area (Å²) in [6, 6.07) is 6.84. The van der Waals surface area contributed by atoms with Gasteiger partial charge in [-0.25, -0.2) is 4.79 Å². The number of hydrogen-bond acceptors (Lipinski definition) is 4. The van der Waals surface area contributed by atoms with Crippen LogP contribution >= 0.6 is 0 Å². The van der Waals surface area contributed by atoms with Crippen molar-refractivity contribution in [2.75, 3.05) is 25.0 Å². The molecule has 0 saturated heterocycles. The molecule has 1 rings (SSSR count). The predicted molar refractivity (Wildman–Crippen MR) is 92.7 cm³/mol. The van der Waals surface area contributed by atoms with Gasteiger partial charge in [0.25, 0.3) is 0 Å². The summed E-state index contributed by atoms with van der Waals surface area (Å²) in [4.78, 5) is 23.8. The molecule has 128 valence electrons. The largest absolute Gasteiger partial charge is 0.462 e. The Hall–Kier alpha value is -1.88. The third-order valence-corrected chi connectivity index (χ3v) is 3.36. The Kier molecular flexibility index (Phi) is 9.71. The fourth-order valence-electron chi connectivity index (χ4n) is 2.03. The molecule has 0 spiro atoms. The maximum atomic E-state index is 11.9. The van der Waals surface area contributed by atoms with E-state index in [4.69, 9.17) is 4.74 Å². The number of unbranched alkanes of at least 4 members (excludes halogenated alkanes) is 3. The maximum absolute atomic E-state index is 11.9. The molecule has 0 saturated carbocycles. The molecule has 0 aliphatic rings. The lowest BCUT2D eigenvalue weighted by molar-refractivity contribution is -0.115. The van der Waals surface area contributed by atoms with Gasteiger partial charge in [-0.3, -0.25) is 4.79 Å². The molecule has 0 aromatic heterocycles. The molecule has 5 heteroatoms. The quantitative estimate of drug-likeness (QED) is 0.484. The molecule has 5 nitrogen and oxygen atoms in total. The van der Waals surface area contributed by atoms with Gasteiger partial charge >= 0.3 is 5.97 Å². The number of ether oxygens (including phenoxy) is 1. The zero-order chi connectivity index (χ0) is 16.9. The fraction of sp³-hybridized carbons (Fsp3) is 0.556. The molecule has 0 radical (unpaired) electrons. The van der Waals surface area contributed by atoms with Crippen molar-refractivity contribution in [3.05, 3.63) is 29.8 Å². The van der Waals surface area contributed by atoms with Gasteiger partial charge < -0.3 is 15.4 Å². The standard InChI is InChI=1S/C18H28N2O3/c1-3-5-7-12-23-18(22)15-9-8-10-16(13-15)20-17(21)14-19-11-6-4-2/h8-10,13,19H,3-7,11-12,14H2,1-2H3,(H,20,21). The average Bonchev–Trinajstić information content (AvgIpc) is 2.55. The van der Waals surface area contributed by atoms with Gasteiger partial charge in [-0.1, -0.05) is 39.2 Å². The zero-order valence-electron chi connectivity index (χ0n) is 14.2. The Labute approximate surface area is 138 Å². The molecule has 0 atom stereocenters. The van der Waals surface area contributed by atoms with Crippen molar-refractivity contribution in [2.24, 2.45) is 0 Å². The summed E-state index contributed by atoms with van der Waals surface area (Å²) >= 11 is 0. The highest BCUT2D eigenvalue weighted by Gasteiger charge is 2.09. The van der Waals surface area contributed by atoms with Gasteiger partial charge in [-0.15, -0.1) is 0 Å². The van der Waals surface area contributed by atoms with Gasteiger partial charge in [0.2, 0.25) is 5.91 Å². The van der Waals surface area contributed by atoms with E-state index in [1.165, 1.54) is 0 Å². The van der Waals surface area contributed by atoms with Crippen LogP contribution in [0.25, 0.3) is 0 Å². The van der Waals surface area contributed by atoms with E-state index >= 15 is 0 Å². The monoisotopic (exact) mass is 320 g/mol. The van der Waals surface area contributed by atoms with E-state index in [-0.39, 0.29) is 18.4 Å². The number of benzene rings is 1. The van der Waals surface area contributed by atoms with Crippen molar-refractivity contribution in [1.82, 2.24) is 5.32 Å². The van der Waals surface area contributed by atoms with Crippen molar-refractivity contribution in [1.29, 1.82) is 0 Å². The highest BCUT2D eigenvalue weighted by Crippen LogP contribution is 2.12. The summed E-state index contributed by atoms with van der Waals surface area (Å²) in [6.07, 6.45) is 5.16. The van der Waals surface area contributed by atoms with Crippen LogP contribution in [0, 0.1) is 0 Å². The van der Waals surface area contributed by atoms with E-state index in [0.717, 1.165) is 38.6 Å². The molecule has 23 heavy (non-hydrogen) atoms. The maximum Gasteiger partial charge on any atom is 0.338 e. The minimum absolute atomic E-state index is 0.116. The number of hydrogen-bond donors (Lipinski definition) is 2. The predicted octanol–water partition coefficient (Wildman–Crippen LogP) is 3.36. The fourth-order valence-corrected chi connectivity index (χ4v) is 2.03. The molecule has 1 amide bonds. The van der Waals surface area contributed by atoms with Gasteiger partial charge in [0.05, 0.1) is 18.7 Å². The van der Waals surface area contributed by atoms with Crippen molar-refractivity contribution in [3.8, 4) is 0 Å². The first kappa shape index (κ1) is 19.2. The second-order valence-electron chi connectivity index (χ2n) is 5.50. The van der Waals surface area contributed by atoms with Crippen LogP contribution in [-0.2, 0) is 9.53 Å². The number of nitrogens with one attached hydrogen (secondary N) is 2. The Balaban J connectivity index is 2.43. The van der Waals surface area contributed by atoms with Crippen LogP contribution in [0.5, 0.6) is 0 Å². The molecule has 1 aromatic rings. The summed E-state index contributed by atoms with van der Waals surface area (Å²) in [5, 5.41) is 5.86. The Morgan fingerprint density at radius 1 is 1.09 bits per heavy atom. The number of amides is 1. The van der Waals surface area contributed by atoms with Crippen LogP contribution in [-0.4, -0.2) is 31.6 Å². The summed E-state index contributed by atoms with van der Waals surface area (Å²) in [6.45, 7) is 5.74. The average molecular weight is 320 g/mol. The second kappa shape index (κ2) is 11.7. The van der Waals surface area contributed by atoms with E-state index in [2.05, 4.69) is 24.5 Å². The molecule has 0 aliphatic carbocycles. The molecule has 0 bridgehead atoms. The molecule has 0 unspecified atom stereocenters. The SMILES string of the molecule is CCCCCOC(=O)c1cccc(NC(=O)CNCCCC)c1. The third kappa shape index (κ3) is 8.35. The first-order valence-corrected chi connectivity index (χ1v) is 8.45. The molecular weight excluding hydrogens is 292 g/mol. The molecular formula is C18H28N2O3. The lowest BCUT2D eigenvalue weighted by Crippen LogP contribution is -2.28. The van der Waals surface area contributed by atoms with Gasteiger partial charge in [0.1, 0.15) is 0 Å². The molecule has 0 heterocycles. The Bertz CT molecular complexity index is 489. The number of esters is 1. The highest BCUT2D eigenvalue weighted by molar-refractivity contribution is 5.95. The van der Waals surface area contributed by atoms with Crippen LogP contribution in [0.15, 0.2) is 24.3 Å². The number of carbonyl (C=O) groups excluding carboxylic acids is 2. The number of carbonyl (C=O) groups is 2. The van der Waals surface area contributed by atoms with Gasteiger partial charge in [0.15, 0.2) is 0 Å². The first-order valence-electron chi connectivity index (χ1n) is 8.45. The molecule has 0 fully saturated rings. The third-order valence-electron chi connectivity index (χ3n) is 3.36. The lowest BCUT2D eigenvalue weighted by Gasteiger charge is -2.08. The molecule has 1 aromatic carbocycles. The van der Waals surface area contributed by atoms with Crippen LogP contribution < -0.4 is 10.6 Å². The number of rotatable bonds is 11. The van der Waals surface area contributed by atoms with E-state index in [1.54, 1.807) is 24.3 Å². The lowest BCUT2D eigenvalue weighted by atomic mass is 10.2. The zero-order valence-corrected chi connectivity index (χ0v) is 14.2. The van der Waals surface area contributed by atoms with Crippen molar-refractivity contribution >= 4 is 17.6 Å². The first-order chi connectivity index (χ1) is 11.2. The van der Waals surface area contributed by atoms with Crippen molar-refractivity contribution < 1.29 is 14.3 Å². The van der Waals surface area contributed by atoms with Crippen LogP contribution in [0.3, 0.4) is 0 Å². The summed E-state index contributed by atoms with van der Waals surface area (Å²) < 4.78 is 5.22. The Morgan fingerprint density at radius 2 is 1.87 bits per heavy atom. The van der Waals surface area contributed by atoms with E-state index in [1.807, 2.05) is 0 Å². The number of anilines is 1. The summed E-state index contributed by atoms with van der Waals surface area (Å²) in [5.41, 5.74) is 1.06. The van der Waals surface area contributed by atoms with Crippen molar-refractivity contribution in [2.45, 2.75) is 46.0 Å². The highest BCUT2D eigenvalue weighted by atomic mass is 16.5. The minimum Gasteiger partial charge on any atom is -0.462 e. The van der Waals surface area contributed by atoms with Crippen LogP contribution in [0.2, 0.25) is 0 Å². The normalized spacial score (nSPS) is 10.3. The topological polar surface area (TPSA) is 67.4 Å². The van der Waals surface area contributed by atoms with Crippen molar-refractivity contribution in [3.63, 3.8) is 0 Å². The molecule has 2 N–H and O–H groups in total. The summed E-state index contributed by atoms with van der Waals surface area (Å²) in [5.74, 6) is -0.465. The van der Waals surface area contributed by atoms with Gasteiger partial charge in [-0.05, 0) is 37.6 Å². The van der Waals surface area contributed by atoms with Crippen LogP contribution in [0.1, 0.15) is 56.3 Å². The second-order valence-corrected chi connectivity index (χ2v) is 5.50. The van der Waals surface area contributed by atoms with Crippen LogP contribution in [0.4, 0.5) is 5.69 Å². The van der Waals surface area contributed by atoms with E-state index in [9.17, 15) is 9.59 Å². The summed E-state index contributed by atoms with van der Waals surface area (Å²) in [7, 11) is 0. The smallest absolute Gasteiger partial charge is 0.338 e. The molecule has 0 aliphatic heterocycles. The van der Waals surface area contributed by atoms with Gasteiger partial charge in [-0.2, -0.15) is 0 Å². The Morgan fingerprint density at radius 3 is 2.61 bits per heavy atom. The van der Waals surface area contributed by atoms with E-state index in [0.29, 0.717) is 17.9 Å².